The first-order chi connectivity index (χ1) is 13.7. The lowest BCUT2D eigenvalue weighted by molar-refractivity contribution is 0.589. The van der Waals surface area contributed by atoms with Gasteiger partial charge in [0.1, 0.15) is 5.00 Å². The van der Waals surface area contributed by atoms with Crippen LogP contribution in [0.5, 0.6) is 0 Å². The van der Waals surface area contributed by atoms with E-state index in [9.17, 15) is 16.8 Å². The molecule has 0 saturated heterocycles. The smallest absolute Gasteiger partial charge is 0.226 e. The Bertz CT molecular complexity index is 1280. The molecule has 152 valence electrons. The second-order valence-electron chi connectivity index (χ2n) is 6.76. The van der Waals surface area contributed by atoms with Crippen LogP contribution in [0.2, 0.25) is 5.02 Å². The van der Waals surface area contributed by atoms with Gasteiger partial charge in [-0.2, -0.15) is 0 Å². The van der Waals surface area contributed by atoms with Gasteiger partial charge in [-0.25, -0.2) is 21.8 Å². The van der Waals surface area contributed by atoms with E-state index in [0.717, 1.165) is 29.6 Å². The van der Waals surface area contributed by atoms with Gasteiger partial charge in [-0.1, -0.05) is 47.2 Å². The van der Waals surface area contributed by atoms with Crippen LogP contribution in [0.15, 0.2) is 62.8 Å². The molecule has 0 saturated carbocycles. The van der Waals surface area contributed by atoms with Crippen molar-refractivity contribution in [2.45, 2.75) is 27.2 Å². The van der Waals surface area contributed by atoms with Gasteiger partial charge >= 0.3 is 0 Å². The van der Waals surface area contributed by atoms with Gasteiger partial charge in [-0.3, -0.25) is 0 Å². The van der Waals surface area contributed by atoms with Crippen molar-refractivity contribution in [3.05, 3.63) is 64.7 Å². The fourth-order valence-electron chi connectivity index (χ4n) is 3.21. The summed E-state index contributed by atoms with van der Waals surface area (Å²) >= 11 is 6.77. The van der Waals surface area contributed by atoms with E-state index in [1.54, 1.807) is 0 Å². The highest BCUT2D eigenvalue weighted by molar-refractivity contribution is 7.93. The summed E-state index contributed by atoms with van der Waals surface area (Å²) in [5.41, 5.74) is 2.29. The molecule has 6 nitrogen and oxygen atoms in total. The number of nitrogens with zero attached hydrogens (tertiary/aromatic N) is 2. The van der Waals surface area contributed by atoms with Gasteiger partial charge in [0, 0.05) is 24.4 Å². The first kappa shape index (κ1) is 20.3. The highest BCUT2D eigenvalue weighted by atomic mass is 35.5. The third kappa shape index (κ3) is 3.92. The van der Waals surface area contributed by atoms with Gasteiger partial charge in [0.15, 0.2) is 5.03 Å². The van der Waals surface area contributed by atoms with Crippen LogP contribution in [0.25, 0.3) is 0 Å². The van der Waals surface area contributed by atoms with Gasteiger partial charge < -0.3 is 4.90 Å². The summed E-state index contributed by atoms with van der Waals surface area (Å²) in [6.07, 6.45) is 1.77. The minimum absolute atomic E-state index is 0.0194. The number of benzene rings is 2. The molecule has 0 aliphatic carbocycles. The summed E-state index contributed by atoms with van der Waals surface area (Å²) < 4.78 is 50.5. The second-order valence-corrected chi connectivity index (χ2v) is 12.2. The lowest BCUT2D eigenvalue weighted by Crippen LogP contribution is -2.30. The summed E-state index contributed by atoms with van der Waals surface area (Å²) in [7, 11) is -7.68. The van der Waals surface area contributed by atoms with Crippen molar-refractivity contribution in [3.8, 4) is 0 Å². The third-order valence-corrected chi connectivity index (χ3v) is 9.54. The van der Waals surface area contributed by atoms with Gasteiger partial charge in [0.05, 0.1) is 4.90 Å². The molecule has 0 spiro atoms. The number of aromatic nitrogens is 1. The molecule has 4 rings (SSSR count). The van der Waals surface area contributed by atoms with Crippen molar-refractivity contribution >= 4 is 47.6 Å². The summed E-state index contributed by atoms with van der Waals surface area (Å²) in [4.78, 5) is 5.96. The molecule has 2 aromatic carbocycles. The third-order valence-electron chi connectivity index (χ3n) is 4.67. The van der Waals surface area contributed by atoms with Crippen molar-refractivity contribution in [2.24, 2.45) is 0 Å². The normalized spacial score (nSPS) is 14.6. The van der Waals surface area contributed by atoms with Crippen LogP contribution >= 0.6 is 22.9 Å². The lowest BCUT2D eigenvalue weighted by Gasteiger charge is -2.29. The van der Waals surface area contributed by atoms with E-state index in [0.29, 0.717) is 23.1 Å². The van der Waals surface area contributed by atoms with Crippen LogP contribution in [0.1, 0.15) is 11.1 Å². The molecule has 0 atom stereocenters. The number of halogens is 1. The van der Waals surface area contributed by atoms with E-state index in [1.165, 1.54) is 29.8 Å². The monoisotopic (exact) mass is 468 g/mol. The van der Waals surface area contributed by atoms with Crippen LogP contribution in [0.4, 0.5) is 5.00 Å². The number of hydrogen-bond donors (Lipinski definition) is 0. The maximum absolute atomic E-state index is 13.3. The average molecular weight is 469 g/mol. The number of rotatable bonds is 4. The quantitative estimate of drug-likeness (QED) is 0.581. The van der Waals surface area contributed by atoms with Crippen LogP contribution in [0, 0.1) is 0 Å². The molecule has 2 heterocycles. The Labute approximate surface area is 178 Å². The van der Waals surface area contributed by atoms with Gasteiger partial charge in [-0.15, -0.1) is 0 Å². The van der Waals surface area contributed by atoms with Crippen molar-refractivity contribution in [2.75, 3.05) is 17.7 Å². The number of thiazole rings is 1. The Morgan fingerprint density at radius 1 is 1.00 bits per heavy atom. The number of fused-ring (bicyclic) bond motifs is 1. The zero-order valence-electron chi connectivity index (χ0n) is 15.4. The van der Waals surface area contributed by atoms with E-state index in [-0.39, 0.29) is 14.3 Å². The molecule has 1 aliphatic rings. The zero-order chi connectivity index (χ0) is 20.8. The highest BCUT2D eigenvalue weighted by Gasteiger charge is 2.32. The summed E-state index contributed by atoms with van der Waals surface area (Å²) in [6.45, 7) is 1.07. The molecule has 29 heavy (non-hydrogen) atoms. The predicted octanol–water partition coefficient (Wildman–Crippen LogP) is 3.60. The number of hydrogen-bond acceptors (Lipinski definition) is 7. The van der Waals surface area contributed by atoms with Crippen LogP contribution in [-0.4, -0.2) is 34.6 Å². The van der Waals surface area contributed by atoms with Crippen LogP contribution in [0.3, 0.4) is 0 Å². The Balaban J connectivity index is 1.84. The summed E-state index contributed by atoms with van der Waals surface area (Å²) in [5, 5.41) is 0.520. The second kappa shape index (κ2) is 7.39. The molecule has 0 N–H and O–H groups in total. The molecule has 0 amide bonds. The number of sulfone groups is 2. The molecule has 10 heteroatoms. The highest BCUT2D eigenvalue weighted by Crippen LogP contribution is 2.39. The molecule has 0 fully saturated rings. The minimum Gasteiger partial charge on any atom is -0.356 e. The first-order valence-corrected chi connectivity index (χ1v) is 13.3. The first-order valence-electron chi connectivity index (χ1n) is 8.69. The van der Waals surface area contributed by atoms with Crippen molar-refractivity contribution in [1.29, 1.82) is 0 Å². The van der Waals surface area contributed by atoms with Gasteiger partial charge in [0.25, 0.3) is 0 Å². The largest absolute Gasteiger partial charge is 0.356 e. The van der Waals surface area contributed by atoms with Crippen molar-refractivity contribution < 1.29 is 16.8 Å². The minimum atomic E-state index is -4.02. The predicted molar refractivity (Wildman–Crippen MR) is 113 cm³/mol. The zero-order valence-corrected chi connectivity index (χ0v) is 18.6. The molecule has 3 aromatic rings. The molecule has 1 aliphatic heterocycles. The van der Waals surface area contributed by atoms with E-state index < -0.39 is 19.7 Å². The molecule has 0 radical (unpaired) electrons. The molecule has 1 aromatic heterocycles. The van der Waals surface area contributed by atoms with Crippen molar-refractivity contribution in [3.63, 3.8) is 0 Å². The van der Waals surface area contributed by atoms with E-state index in [2.05, 4.69) is 4.98 Å². The lowest BCUT2D eigenvalue weighted by atomic mass is 10.0. The maximum atomic E-state index is 13.3. The van der Waals surface area contributed by atoms with E-state index in [1.807, 2.05) is 29.2 Å². The molecule has 0 bridgehead atoms. The molecule has 0 unspecified atom stereocenters. The van der Waals surface area contributed by atoms with Gasteiger partial charge in [0.2, 0.25) is 24.0 Å². The average Bonchev–Trinajstić information content (AvgIpc) is 3.15. The Morgan fingerprint density at radius 3 is 2.31 bits per heavy atom. The summed E-state index contributed by atoms with van der Waals surface area (Å²) in [5.74, 6) is 0. The van der Waals surface area contributed by atoms with Crippen molar-refractivity contribution in [1.82, 2.24) is 4.98 Å². The standard InChI is InChI=1S/C19H17ClN2O4S3/c1-28(23,24)19-21-17(29(25,26)16-8-6-15(20)7-9-16)18(27-19)22-11-10-13-4-2-3-5-14(13)12-22/h2-9H,10-12H2,1H3. The van der Waals surface area contributed by atoms with E-state index >= 15 is 0 Å². The fourth-order valence-corrected chi connectivity index (χ4v) is 7.01. The van der Waals surface area contributed by atoms with Crippen LogP contribution in [-0.2, 0) is 32.6 Å². The topological polar surface area (TPSA) is 84.4 Å². The Morgan fingerprint density at radius 2 is 1.66 bits per heavy atom. The molecular formula is C19H17ClN2O4S3. The Hall–Kier alpha value is -1.94. The maximum Gasteiger partial charge on any atom is 0.226 e. The Kier molecular flexibility index (Phi) is 5.18. The van der Waals surface area contributed by atoms with E-state index in [4.69, 9.17) is 11.6 Å². The fraction of sp³-hybridized carbons (Fsp3) is 0.211. The van der Waals surface area contributed by atoms with Gasteiger partial charge in [-0.05, 0) is 41.8 Å². The molecular weight excluding hydrogens is 452 g/mol. The SMILES string of the molecule is CS(=O)(=O)c1nc(S(=O)(=O)c2ccc(Cl)cc2)c(N2CCc3ccccc3C2)s1. The number of anilines is 1. The van der Waals surface area contributed by atoms with Crippen LogP contribution < -0.4 is 4.90 Å². The summed E-state index contributed by atoms with van der Waals surface area (Å²) in [6, 6.07) is 13.7.